The summed E-state index contributed by atoms with van der Waals surface area (Å²) < 4.78 is 4.99. The number of ketones is 1. The third-order valence-electron chi connectivity index (χ3n) is 3.76. The van der Waals surface area contributed by atoms with Crippen LogP contribution in [0.4, 0.5) is 0 Å². The second kappa shape index (κ2) is 11.0. The summed E-state index contributed by atoms with van der Waals surface area (Å²) in [5, 5.41) is 0. The molecule has 0 radical (unpaired) electrons. The number of rotatable bonds is 0. The van der Waals surface area contributed by atoms with Crippen LogP contribution in [0.1, 0.15) is 83.5 Å². The molecule has 0 bridgehead atoms. The Balaban J connectivity index is 2.23. The topological polar surface area (TPSA) is 43.4 Å². The molecule has 1 rings (SSSR count). The lowest BCUT2D eigenvalue weighted by molar-refractivity contribution is -0.154. The Labute approximate surface area is 117 Å². The maximum atomic E-state index is 11.5. The number of esters is 1. The van der Waals surface area contributed by atoms with Gasteiger partial charge in [-0.1, -0.05) is 64.2 Å². The second-order valence-electron chi connectivity index (χ2n) is 5.55. The van der Waals surface area contributed by atoms with Gasteiger partial charge < -0.3 is 4.74 Å². The van der Waals surface area contributed by atoms with Crippen LogP contribution in [-0.4, -0.2) is 18.4 Å². The number of hydrogen-bond donors (Lipinski definition) is 0. The number of Topliss-reactive ketones (excluding diaryl/α,β-unsaturated/α-hetero) is 1. The average molecular weight is 268 g/mol. The Morgan fingerprint density at radius 3 is 1.53 bits per heavy atom. The zero-order valence-corrected chi connectivity index (χ0v) is 12.1. The predicted octanol–water partition coefficient (Wildman–Crippen LogP) is 4.18. The summed E-state index contributed by atoms with van der Waals surface area (Å²) in [4.78, 5) is 22.9. The molecule has 1 fully saturated rings. The number of cyclic esters (lactones) is 1. The Hall–Kier alpha value is -0.860. The van der Waals surface area contributed by atoms with Crippen molar-refractivity contribution in [2.24, 2.45) is 0 Å². The lowest BCUT2D eigenvalue weighted by atomic mass is 10.0. The first-order chi connectivity index (χ1) is 9.30. The van der Waals surface area contributed by atoms with Crippen LogP contribution in [0.15, 0.2) is 0 Å². The van der Waals surface area contributed by atoms with Crippen LogP contribution in [0.2, 0.25) is 0 Å². The molecule has 0 unspecified atom stereocenters. The molecule has 0 N–H and O–H groups in total. The van der Waals surface area contributed by atoms with Gasteiger partial charge in [-0.3, -0.25) is 4.79 Å². The fourth-order valence-electron chi connectivity index (χ4n) is 2.50. The van der Waals surface area contributed by atoms with Crippen molar-refractivity contribution in [3.05, 3.63) is 0 Å². The summed E-state index contributed by atoms with van der Waals surface area (Å²) in [7, 11) is 0. The molecule has 0 aromatic rings. The molecule has 110 valence electrons. The molecule has 3 nitrogen and oxygen atoms in total. The van der Waals surface area contributed by atoms with E-state index in [1.54, 1.807) is 0 Å². The lowest BCUT2D eigenvalue weighted by Crippen LogP contribution is -2.17. The average Bonchev–Trinajstić information content (AvgIpc) is 2.41. The summed E-state index contributed by atoms with van der Waals surface area (Å²) in [6.45, 7) is 0.407. The van der Waals surface area contributed by atoms with Gasteiger partial charge in [0.05, 0.1) is 6.61 Å². The predicted molar refractivity (Wildman–Crippen MR) is 76.0 cm³/mol. The van der Waals surface area contributed by atoms with Crippen molar-refractivity contribution in [3.8, 4) is 0 Å². The van der Waals surface area contributed by atoms with Gasteiger partial charge in [-0.05, 0) is 12.8 Å². The zero-order valence-electron chi connectivity index (χ0n) is 12.1. The molecule has 1 saturated heterocycles. The molecule has 3 heteroatoms. The third kappa shape index (κ3) is 8.79. The Morgan fingerprint density at radius 1 is 0.579 bits per heavy atom. The van der Waals surface area contributed by atoms with Gasteiger partial charge in [0.15, 0.2) is 0 Å². The first-order valence-corrected chi connectivity index (χ1v) is 8.00. The van der Waals surface area contributed by atoms with Crippen LogP contribution < -0.4 is 0 Å². The first-order valence-electron chi connectivity index (χ1n) is 8.00. The number of carbonyl (C=O) groups is 2. The van der Waals surface area contributed by atoms with Crippen molar-refractivity contribution in [2.75, 3.05) is 6.61 Å². The molecule has 0 amide bonds. The molecule has 0 atom stereocenters. The molecule has 0 spiro atoms. The fraction of sp³-hybridized carbons (Fsp3) is 0.875. The zero-order chi connectivity index (χ0) is 13.8. The van der Waals surface area contributed by atoms with E-state index in [0.29, 0.717) is 13.0 Å². The molecule has 1 aliphatic heterocycles. The van der Waals surface area contributed by atoms with E-state index in [4.69, 9.17) is 4.74 Å². The van der Waals surface area contributed by atoms with Gasteiger partial charge in [-0.2, -0.15) is 0 Å². The maximum Gasteiger partial charge on any atom is 0.374 e. The Morgan fingerprint density at radius 2 is 1.00 bits per heavy atom. The maximum absolute atomic E-state index is 11.5. The minimum Gasteiger partial charge on any atom is -0.460 e. The van der Waals surface area contributed by atoms with Crippen LogP contribution in [-0.2, 0) is 14.3 Å². The van der Waals surface area contributed by atoms with E-state index in [1.807, 2.05) is 0 Å². The van der Waals surface area contributed by atoms with Gasteiger partial charge in [0.25, 0.3) is 0 Å². The normalized spacial score (nSPS) is 22.5. The van der Waals surface area contributed by atoms with Crippen molar-refractivity contribution in [3.63, 3.8) is 0 Å². The largest absolute Gasteiger partial charge is 0.460 e. The van der Waals surface area contributed by atoms with Crippen LogP contribution in [0.5, 0.6) is 0 Å². The highest BCUT2D eigenvalue weighted by Gasteiger charge is 2.14. The van der Waals surface area contributed by atoms with Gasteiger partial charge in [0.1, 0.15) is 0 Å². The molecule has 1 heterocycles. The smallest absolute Gasteiger partial charge is 0.374 e. The third-order valence-corrected chi connectivity index (χ3v) is 3.76. The van der Waals surface area contributed by atoms with Crippen LogP contribution >= 0.6 is 0 Å². The Bertz CT molecular complexity index is 235. The van der Waals surface area contributed by atoms with E-state index in [-0.39, 0.29) is 5.78 Å². The highest BCUT2D eigenvalue weighted by atomic mass is 16.5. The van der Waals surface area contributed by atoms with Crippen molar-refractivity contribution in [1.29, 1.82) is 0 Å². The van der Waals surface area contributed by atoms with E-state index < -0.39 is 5.97 Å². The monoisotopic (exact) mass is 268 g/mol. The molecular weight excluding hydrogens is 240 g/mol. The quantitative estimate of drug-likeness (QED) is 0.489. The SMILES string of the molecule is O=C1CCCCCCCCCCCCCCOC1=O. The van der Waals surface area contributed by atoms with E-state index in [2.05, 4.69) is 0 Å². The van der Waals surface area contributed by atoms with Crippen molar-refractivity contribution >= 4 is 11.8 Å². The minimum atomic E-state index is -0.621. The summed E-state index contributed by atoms with van der Waals surface area (Å²) in [6.07, 6.45) is 14.5. The molecule has 19 heavy (non-hydrogen) atoms. The highest BCUT2D eigenvalue weighted by molar-refractivity contribution is 6.33. The van der Waals surface area contributed by atoms with E-state index in [9.17, 15) is 9.59 Å². The molecule has 0 aliphatic carbocycles. The van der Waals surface area contributed by atoms with Gasteiger partial charge in [0.2, 0.25) is 5.78 Å². The Kier molecular flexibility index (Phi) is 9.38. The van der Waals surface area contributed by atoms with Crippen molar-refractivity contribution < 1.29 is 14.3 Å². The van der Waals surface area contributed by atoms with E-state index >= 15 is 0 Å². The lowest BCUT2D eigenvalue weighted by Gasteiger charge is -2.04. The molecule has 0 aromatic carbocycles. The summed E-state index contributed by atoms with van der Waals surface area (Å²) in [6, 6.07) is 0. The van der Waals surface area contributed by atoms with Gasteiger partial charge in [0, 0.05) is 6.42 Å². The summed E-state index contributed by atoms with van der Waals surface area (Å²) in [5.41, 5.74) is 0. The molecular formula is C16H28O3. The van der Waals surface area contributed by atoms with Crippen LogP contribution in [0, 0.1) is 0 Å². The van der Waals surface area contributed by atoms with Crippen molar-refractivity contribution in [2.45, 2.75) is 83.5 Å². The number of carbonyl (C=O) groups excluding carboxylic acids is 2. The van der Waals surface area contributed by atoms with Gasteiger partial charge in [-0.15, -0.1) is 0 Å². The standard InChI is InChI=1S/C16H28O3/c17-15-13-11-9-7-5-3-1-2-4-6-8-10-12-14-19-16(15)18/h1-14H2. The number of hydrogen-bond acceptors (Lipinski definition) is 3. The highest BCUT2D eigenvalue weighted by Crippen LogP contribution is 2.13. The molecule has 0 saturated carbocycles. The van der Waals surface area contributed by atoms with Crippen LogP contribution in [0.3, 0.4) is 0 Å². The molecule has 0 aromatic heterocycles. The minimum absolute atomic E-state index is 0.343. The summed E-state index contributed by atoms with van der Waals surface area (Å²) >= 11 is 0. The van der Waals surface area contributed by atoms with Crippen LogP contribution in [0.25, 0.3) is 0 Å². The first kappa shape index (κ1) is 16.2. The second-order valence-corrected chi connectivity index (χ2v) is 5.55. The fourth-order valence-corrected chi connectivity index (χ4v) is 2.50. The molecule has 1 aliphatic rings. The number of ether oxygens (including phenoxy) is 1. The van der Waals surface area contributed by atoms with Gasteiger partial charge in [-0.25, -0.2) is 4.79 Å². The van der Waals surface area contributed by atoms with E-state index in [1.165, 1.54) is 51.4 Å². The van der Waals surface area contributed by atoms with Crippen molar-refractivity contribution in [1.82, 2.24) is 0 Å². The van der Waals surface area contributed by atoms with Gasteiger partial charge >= 0.3 is 5.97 Å². The van der Waals surface area contributed by atoms with E-state index in [0.717, 1.165) is 25.7 Å². The summed E-state index contributed by atoms with van der Waals surface area (Å²) in [5.74, 6) is -0.964.